The molecule has 0 spiro atoms. The first kappa shape index (κ1) is 247. The smallest absolute Gasteiger partial charge is 0 e. The van der Waals surface area contributed by atoms with E-state index in [-0.39, 0.29) is 87.7 Å². The van der Waals surface area contributed by atoms with E-state index in [2.05, 4.69) is 0 Å². The van der Waals surface area contributed by atoms with Crippen LogP contribution in [0.3, 0.4) is 0 Å². The molecular weight excluding hydrogens is 225 g/mol. The third-order valence-corrected chi connectivity index (χ3v) is 0. The zero-order valence-corrected chi connectivity index (χ0v) is 12.0. The van der Waals surface area contributed by atoms with E-state index in [1.54, 1.807) is 0 Å². The lowest BCUT2D eigenvalue weighted by atomic mass is 28.1. The summed E-state index contributed by atoms with van der Waals surface area (Å²) in [4.78, 5) is 0. The van der Waals surface area contributed by atoms with Crippen LogP contribution in [0.15, 0.2) is 0 Å². The molecule has 0 aliphatic heterocycles. The fourth-order valence-electron chi connectivity index (χ4n) is 0. The van der Waals surface area contributed by atoms with Gasteiger partial charge < -0.3 is 0 Å². The van der Waals surface area contributed by atoms with Crippen LogP contribution in [0.25, 0.3) is 0 Å². The lowest BCUT2D eigenvalue weighted by molar-refractivity contribution is 5.75. The number of hydrogen-bond donors (Lipinski definition) is 0. The molecule has 0 N–H and O–H groups in total. The van der Waals surface area contributed by atoms with Gasteiger partial charge in [-0.1, -0.05) is 0 Å². The van der Waals surface area contributed by atoms with Crippen LogP contribution in [0.2, 0.25) is 0 Å². The van der Waals surface area contributed by atoms with E-state index >= 15 is 0 Å². The standard InChI is InChI=1S/8Si. The molecule has 0 fully saturated rings. The Labute approximate surface area is 87.6 Å². The summed E-state index contributed by atoms with van der Waals surface area (Å²) in [7, 11) is 0. The molecule has 0 unspecified atom stereocenters. The van der Waals surface area contributed by atoms with Gasteiger partial charge in [-0.2, -0.15) is 0 Å². The Morgan fingerprint density at radius 3 is 0.125 bits per heavy atom. The molecule has 0 nitrogen and oxygen atoms in total. The Morgan fingerprint density at radius 1 is 0.125 bits per heavy atom. The molecule has 32 radical (unpaired) electrons. The summed E-state index contributed by atoms with van der Waals surface area (Å²) in [5.74, 6) is 0. The van der Waals surface area contributed by atoms with Crippen molar-refractivity contribution in [1.82, 2.24) is 0 Å². The first-order valence-corrected chi connectivity index (χ1v) is 0. The second-order valence-electron chi connectivity index (χ2n) is 0. The van der Waals surface area contributed by atoms with Gasteiger partial charge in [-0.3, -0.25) is 0 Å². The summed E-state index contributed by atoms with van der Waals surface area (Å²) in [6.07, 6.45) is 0. The van der Waals surface area contributed by atoms with Crippen LogP contribution in [-0.2, 0) is 0 Å². The average Bonchev–Trinajstić information content (AvgIpc) is 0. The predicted octanol–water partition coefficient (Wildman–Crippen LogP) is -3.05. The summed E-state index contributed by atoms with van der Waals surface area (Å²) in [5, 5.41) is 0. The Hall–Kier alpha value is 1.74. The molecule has 0 atom stereocenters. The van der Waals surface area contributed by atoms with Gasteiger partial charge in [-0.15, -0.1) is 0 Å². The Kier molecular flexibility index (Phi) is 5350. The van der Waals surface area contributed by atoms with Crippen molar-refractivity contribution in [2.24, 2.45) is 0 Å². The SMILES string of the molecule is [Si].[Si].[Si].[Si].[Si].[Si].[Si].[Si]. The quantitative estimate of drug-likeness (QED) is 0.384. The van der Waals surface area contributed by atoms with Crippen molar-refractivity contribution in [2.45, 2.75) is 0 Å². The summed E-state index contributed by atoms with van der Waals surface area (Å²) in [6, 6.07) is 0. The molecule has 0 heterocycles. The van der Waals surface area contributed by atoms with Gasteiger partial charge in [0.2, 0.25) is 0 Å². The third kappa shape index (κ3) is 117. The fourth-order valence-corrected chi connectivity index (χ4v) is 0. The molecule has 32 valence electrons. The lowest BCUT2D eigenvalue weighted by Crippen LogP contribution is -0.382. The van der Waals surface area contributed by atoms with Gasteiger partial charge in [0, 0.05) is 87.7 Å². The molecule has 0 aromatic rings. The van der Waals surface area contributed by atoms with Gasteiger partial charge in [0.05, 0.1) is 0 Å². The first-order valence-electron chi connectivity index (χ1n) is 0. The highest BCUT2D eigenvalue weighted by Gasteiger charge is 0.00700. The fraction of sp³-hybridized carbons (Fsp3) is 0. The van der Waals surface area contributed by atoms with E-state index in [0.717, 1.165) is 0 Å². The van der Waals surface area contributed by atoms with Gasteiger partial charge in [0.25, 0.3) is 0 Å². The predicted molar refractivity (Wildman–Crippen MR) is 46.0 cm³/mol. The molecule has 0 aliphatic carbocycles. The minimum absolute atomic E-state index is 0. The molecule has 0 rings (SSSR count). The van der Waals surface area contributed by atoms with Gasteiger partial charge >= 0.3 is 0 Å². The van der Waals surface area contributed by atoms with Crippen molar-refractivity contribution in [3.8, 4) is 0 Å². The van der Waals surface area contributed by atoms with E-state index in [0.29, 0.717) is 0 Å². The normalized spacial score (nSPS) is 0. The van der Waals surface area contributed by atoms with Crippen LogP contribution in [0.5, 0.6) is 0 Å². The van der Waals surface area contributed by atoms with Gasteiger partial charge in [-0.25, -0.2) is 0 Å². The van der Waals surface area contributed by atoms with Crippen LogP contribution < -0.4 is 0 Å². The van der Waals surface area contributed by atoms with Crippen LogP contribution in [0.1, 0.15) is 0 Å². The van der Waals surface area contributed by atoms with E-state index in [9.17, 15) is 0 Å². The number of rotatable bonds is 0. The third-order valence-electron chi connectivity index (χ3n) is 0. The molecule has 0 amide bonds. The zero-order chi connectivity index (χ0) is 0. The van der Waals surface area contributed by atoms with Crippen molar-refractivity contribution >= 4 is 87.7 Å². The minimum atomic E-state index is 0. The molecule has 0 saturated carbocycles. The van der Waals surface area contributed by atoms with Crippen molar-refractivity contribution in [1.29, 1.82) is 0 Å². The number of hydrogen-bond acceptors (Lipinski definition) is 0. The Morgan fingerprint density at radius 2 is 0.125 bits per heavy atom. The van der Waals surface area contributed by atoms with Crippen LogP contribution in [0.4, 0.5) is 0 Å². The summed E-state index contributed by atoms with van der Waals surface area (Å²) in [5.41, 5.74) is 0. The van der Waals surface area contributed by atoms with E-state index in [1.165, 1.54) is 0 Å². The first-order chi connectivity index (χ1) is 0. The average molecular weight is 225 g/mol. The van der Waals surface area contributed by atoms with Crippen LogP contribution in [0, 0.1) is 0 Å². The van der Waals surface area contributed by atoms with Gasteiger partial charge in [0.15, 0.2) is 0 Å². The van der Waals surface area contributed by atoms with E-state index in [4.69, 9.17) is 0 Å². The minimum Gasteiger partial charge on any atom is 0 e. The largest absolute Gasteiger partial charge is 0 e. The molecule has 8 heteroatoms. The van der Waals surface area contributed by atoms with Gasteiger partial charge in [0.1, 0.15) is 0 Å². The highest BCUT2D eigenvalue weighted by molar-refractivity contribution is 5.76. The summed E-state index contributed by atoms with van der Waals surface area (Å²) >= 11 is 0. The maximum atomic E-state index is 0. The van der Waals surface area contributed by atoms with Gasteiger partial charge in [-0.05, 0) is 0 Å². The van der Waals surface area contributed by atoms with E-state index in [1.807, 2.05) is 0 Å². The molecule has 0 bridgehead atoms. The van der Waals surface area contributed by atoms with E-state index < -0.39 is 0 Å². The second-order valence-corrected chi connectivity index (χ2v) is 0. The van der Waals surface area contributed by atoms with Crippen LogP contribution in [-0.4, -0.2) is 87.7 Å². The Balaban J connectivity index is 0. The van der Waals surface area contributed by atoms with Crippen molar-refractivity contribution in [3.63, 3.8) is 0 Å². The zero-order valence-electron chi connectivity index (χ0n) is 4.00. The van der Waals surface area contributed by atoms with Crippen molar-refractivity contribution in [3.05, 3.63) is 0 Å². The monoisotopic (exact) mass is 224 g/mol. The Bertz CT molecular complexity index is 0. The highest BCUT2D eigenvalue weighted by atomic mass is 28.1. The molecule has 8 heavy (non-hydrogen) atoms. The molecule has 0 aromatic carbocycles. The molecule has 0 aromatic heterocycles. The molecule has 0 aliphatic rings. The maximum absolute atomic E-state index is 0. The van der Waals surface area contributed by atoms with Crippen molar-refractivity contribution < 1.29 is 0 Å². The maximum Gasteiger partial charge on any atom is 0 e. The van der Waals surface area contributed by atoms with Crippen molar-refractivity contribution in [2.75, 3.05) is 0 Å². The molecule has 0 saturated heterocycles. The lowest BCUT2D eigenvalue weighted by Gasteiger charge is -0.00100. The highest BCUT2D eigenvalue weighted by Crippen LogP contribution is -0.374. The summed E-state index contributed by atoms with van der Waals surface area (Å²) < 4.78 is 0. The molecular formula is Si8. The second kappa shape index (κ2) is 174. The topological polar surface area (TPSA) is 0 Å². The van der Waals surface area contributed by atoms with Crippen LogP contribution >= 0.6 is 0 Å². The summed E-state index contributed by atoms with van der Waals surface area (Å²) in [6.45, 7) is 0.